The van der Waals surface area contributed by atoms with Crippen molar-refractivity contribution in [2.45, 2.75) is 31.2 Å². The molecule has 2 heterocycles. The smallest absolute Gasteiger partial charge is 0.327 e. The fraction of sp³-hybridized carbons (Fsp3) is 0.818. The lowest BCUT2D eigenvalue weighted by molar-refractivity contribution is -0.152. The summed E-state index contributed by atoms with van der Waals surface area (Å²) >= 11 is 1.52. The summed E-state index contributed by atoms with van der Waals surface area (Å²) in [6.45, 7) is 3.02. The zero-order valence-corrected chi connectivity index (χ0v) is 10.6. The van der Waals surface area contributed by atoms with Gasteiger partial charge in [0, 0.05) is 12.4 Å². The van der Waals surface area contributed by atoms with Gasteiger partial charge in [-0.2, -0.15) is 0 Å². The maximum atomic E-state index is 12.3. The van der Waals surface area contributed by atoms with Crippen LogP contribution in [0.15, 0.2) is 0 Å². The van der Waals surface area contributed by atoms with Gasteiger partial charge < -0.3 is 14.7 Å². The topological polar surface area (TPSA) is 66.8 Å². The van der Waals surface area contributed by atoms with Gasteiger partial charge in [0.1, 0.15) is 6.04 Å². The first-order valence-electron chi connectivity index (χ1n) is 5.85. The van der Waals surface area contributed by atoms with Crippen molar-refractivity contribution in [2.24, 2.45) is 5.92 Å². The van der Waals surface area contributed by atoms with Gasteiger partial charge in [-0.25, -0.2) is 4.79 Å². The van der Waals surface area contributed by atoms with Gasteiger partial charge in [0.2, 0.25) is 5.91 Å². The maximum Gasteiger partial charge on any atom is 0.327 e. The third-order valence-electron chi connectivity index (χ3n) is 3.27. The van der Waals surface area contributed by atoms with E-state index in [0.717, 1.165) is 12.8 Å². The van der Waals surface area contributed by atoms with E-state index in [4.69, 9.17) is 9.84 Å². The predicted molar refractivity (Wildman–Crippen MR) is 63.7 cm³/mol. The first kappa shape index (κ1) is 12.7. The highest BCUT2D eigenvalue weighted by Gasteiger charge is 2.41. The van der Waals surface area contributed by atoms with E-state index in [1.807, 2.05) is 6.92 Å². The summed E-state index contributed by atoms with van der Waals surface area (Å²) in [5, 5.41) is 9.06. The summed E-state index contributed by atoms with van der Waals surface area (Å²) in [6, 6.07) is -0.676. The van der Waals surface area contributed by atoms with Gasteiger partial charge in [-0.15, -0.1) is 11.8 Å². The molecule has 2 aliphatic rings. The van der Waals surface area contributed by atoms with Crippen molar-refractivity contribution in [1.29, 1.82) is 0 Å². The second-order valence-corrected chi connectivity index (χ2v) is 5.80. The van der Waals surface area contributed by atoms with Gasteiger partial charge in [-0.3, -0.25) is 4.79 Å². The van der Waals surface area contributed by atoms with Crippen LogP contribution < -0.4 is 0 Å². The van der Waals surface area contributed by atoms with Crippen LogP contribution in [0.3, 0.4) is 0 Å². The number of carbonyl (C=O) groups is 2. The van der Waals surface area contributed by atoms with Gasteiger partial charge >= 0.3 is 5.97 Å². The zero-order valence-electron chi connectivity index (χ0n) is 9.80. The molecule has 0 aromatic heterocycles. The van der Waals surface area contributed by atoms with Gasteiger partial charge in [0.15, 0.2) is 0 Å². The molecule has 0 aromatic rings. The Morgan fingerprint density at radius 2 is 2.24 bits per heavy atom. The minimum atomic E-state index is -0.910. The molecule has 1 amide bonds. The number of hydrogen-bond donors (Lipinski definition) is 1. The summed E-state index contributed by atoms with van der Waals surface area (Å²) in [7, 11) is 0. The molecule has 2 fully saturated rings. The van der Waals surface area contributed by atoms with Gasteiger partial charge in [0.25, 0.3) is 0 Å². The number of aliphatic carboxylic acids is 1. The molecule has 2 rings (SSSR count). The first-order valence-corrected chi connectivity index (χ1v) is 6.90. The Hall–Kier alpha value is -0.750. The summed E-state index contributed by atoms with van der Waals surface area (Å²) < 4.78 is 5.29. The standard InChI is InChI=1S/C11H17NO4S/c1-7-12(9(6-17-7)11(14)15)10(13)8-3-2-4-16-5-8/h7-9H,2-6H2,1H3,(H,14,15). The Labute approximate surface area is 104 Å². The monoisotopic (exact) mass is 259 g/mol. The molecule has 6 heteroatoms. The molecule has 2 saturated heterocycles. The lowest BCUT2D eigenvalue weighted by Crippen LogP contribution is -2.48. The largest absolute Gasteiger partial charge is 0.480 e. The summed E-state index contributed by atoms with van der Waals surface area (Å²) in [4.78, 5) is 24.9. The second kappa shape index (κ2) is 5.27. The van der Waals surface area contributed by atoms with Gasteiger partial charge in [0.05, 0.1) is 17.9 Å². The summed E-state index contributed by atoms with van der Waals surface area (Å²) in [5.74, 6) is -0.649. The summed E-state index contributed by atoms with van der Waals surface area (Å²) in [6.07, 6.45) is 1.68. The number of carboxylic acids is 1. The number of ether oxygens (including phenoxy) is 1. The molecule has 2 aliphatic heterocycles. The molecular weight excluding hydrogens is 242 g/mol. The van der Waals surface area contributed by atoms with E-state index >= 15 is 0 Å². The van der Waals surface area contributed by atoms with Crippen molar-refractivity contribution in [2.75, 3.05) is 19.0 Å². The second-order valence-electron chi connectivity index (χ2n) is 4.45. The zero-order chi connectivity index (χ0) is 12.4. The van der Waals surface area contributed by atoms with Crippen LogP contribution in [0, 0.1) is 5.92 Å². The summed E-state index contributed by atoms with van der Waals surface area (Å²) in [5.41, 5.74) is 0. The average molecular weight is 259 g/mol. The van der Waals surface area contributed by atoms with Crippen molar-refractivity contribution in [3.05, 3.63) is 0 Å². The number of rotatable bonds is 2. The van der Waals surface area contributed by atoms with E-state index in [-0.39, 0.29) is 17.2 Å². The van der Waals surface area contributed by atoms with Crippen LogP contribution in [-0.2, 0) is 14.3 Å². The third kappa shape index (κ3) is 2.57. The molecule has 0 aliphatic carbocycles. The molecule has 3 unspecified atom stereocenters. The predicted octanol–water partition coefficient (Wildman–Crippen LogP) is 0.788. The molecule has 0 aromatic carbocycles. The average Bonchev–Trinajstić information content (AvgIpc) is 2.71. The number of carboxylic acid groups (broad SMARTS) is 1. The quantitative estimate of drug-likeness (QED) is 0.794. The number of nitrogens with zero attached hydrogens (tertiary/aromatic N) is 1. The van der Waals surface area contributed by atoms with Crippen molar-refractivity contribution < 1.29 is 19.4 Å². The van der Waals surface area contributed by atoms with E-state index in [1.165, 1.54) is 16.7 Å². The molecule has 1 N–H and O–H groups in total. The van der Waals surface area contributed by atoms with Crippen LogP contribution >= 0.6 is 11.8 Å². The first-order chi connectivity index (χ1) is 8.11. The molecule has 3 atom stereocenters. The Bertz CT molecular complexity index is 317. The lowest BCUT2D eigenvalue weighted by Gasteiger charge is -2.31. The lowest BCUT2D eigenvalue weighted by atomic mass is 10.00. The van der Waals surface area contributed by atoms with Crippen molar-refractivity contribution >= 4 is 23.6 Å². The normalized spacial score (nSPS) is 33.7. The van der Waals surface area contributed by atoms with Crippen molar-refractivity contribution in [3.63, 3.8) is 0 Å². The fourth-order valence-corrected chi connectivity index (χ4v) is 3.49. The Balaban J connectivity index is 2.07. The van der Waals surface area contributed by atoms with E-state index < -0.39 is 12.0 Å². The molecule has 0 radical (unpaired) electrons. The number of carbonyl (C=O) groups excluding carboxylic acids is 1. The van der Waals surface area contributed by atoms with Crippen LogP contribution in [-0.4, -0.2) is 52.3 Å². The Morgan fingerprint density at radius 3 is 2.82 bits per heavy atom. The van der Waals surface area contributed by atoms with Crippen LogP contribution in [0.4, 0.5) is 0 Å². The molecule has 0 bridgehead atoms. The van der Waals surface area contributed by atoms with E-state index in [9.17, 15) is 9.59 Å². The number of amides is 1. The van der Waals surface area contributed by atoms with Gasteiger partial charge in [-0.05, 0) is 19.8 Å². The van der Waals surface area contributed by atoms with Gasteiger partial charge in [-0.1, -0.05) is 0 Å². The molecule has 96 valence electrons. The van der Waals surface area contributed by atoms with Crippen LogP contribution in [0.2, 0.25) is 0 Å². The van der Waals surface area contributed by atoms with E-state index in [1.54, 1.807) is 0 Å². The minimum absolute atomic E-state index is 0.0504. The molecule has 0 spiro atoms. The van der Waals surface area contributed by atoms with Crippen LogP contribution in [0.5, 0.6) is 0 Å². The van der Waals surface area contributed by atoms with E-state index in [0.29, 0.717) is 19.0 Å². The van der Waals surface area contributed by atoms with Crippen LogP contribution in [0.25, 0.3) is 0 Å². The number of hydrogen-bond acceptors (Lipinski definition) is 4. The highest BCUT2D eigenvalue weighted by Crippen LogP contribution is 2.31. The fourth-order valence-electron chi connectivity index (χ4n) is 2.31. The third-order valence-corrected chi connectivity index (χ3v) is 4.49. The molecule has 0 saturated carbocycles. The van der Waals surface area contributed by atoms with Crippen molar-refractivity contribution in [3.8, 4) is 0 Å². The van der Waals surface area contributed by atoms with Crippen molar-refractivity contribution in [1.82, 2.24) is 4.90 Å². The maximum absolute atomic E-state index is 12.3. The highest BCUT2D eigenvalue weighted by molar-refractivity contribution is 8.00. The Morgan fingerprint density at radius 1 is 1.47 bits per heavy atom. The molecule has 17 heavy (non-hydrogen) atoms. The Kier molecular flexibility index (Phi) is 3.93. The SMILES string of the molecule is CC1SCC(C(=O)O)N1C(=O)C1CCCOC1. The molecule has 5 nitrogen and oxygen atoms in total. The number of thioether (sulfide) groups is 1. The van der Waals surface area contributed by atoms with E-state index in [2.05, 4.69) is 0 Å². The highest BCUT2D eigenvalue weighted by atomic mass is 32.2. The molecular formula is C11H17NO4S. The van der Waals surface area contributed by atoms with Crippen LogP contribution in [0.1, 0.15) is 19.8 Å². The minimum Gasteiger partial charge on any atom is -0.480 e.